The van der Waals surface area contributed by atoms with E-state index in [1.54, 1.807) is 0 Å². The molecule has 1 saturated heterocycles. The highest BCUT2D eigenvalue weighted by molar-refractivity contribution is 5.89. The summed E-state index contributed by atoms with van der Waals surface area (Å²) in [6, 6.07) is 0. The van der Waals surface area contributed by atoms with Gasteiger partial charge in [0.05, 0.1) is 7.11 Å². The van der Waals surface area contributed by atoms with E-state index in [0.29, 0.717) is 0 Å². The minimum absolute atomic E-state index is 0.0718. The van der Waals surface area contributed by atoms with Crippen molar-refractivity contribution >= 4 is 12.0 Å². The monoisotopic (exact) mass is 196 g/mol. The predicted molar refractivity (Wildman–Crippen MR) is 49.0 cm³/mol. The van der Waals surface area contributed by atoms with Gasteiger partial charge in [-0.25, -0.2) is 9.59 Å². The van der Waals surface area contributed by atoms with Gasteiger partial charge in [-0.15, -0.1) is 0 Å². The minimum atomic E-state index is -0.586. The Morgan fingerprint density at radius 2 is 2.36 bits per heavy atom. The van der Waals surface area contributed by atoms with Crippen molar-refractivity contribution in [3.63, 3.8) is 0 Å². The van der Waals surface area contributed by atoms with Gasteiger partial charge in [-0.2, -0.15) is 4.99 Å². The lowest BCUT2D eigenvalue weighted by Gasteiger charge is -2.13. The number of methoxy groups -OCH3 is 1. The number of isocyanates is 1. The number of likely N-dealkylation sites (tertiary alicyclic amines) is 1. The molecule has 1 heterocycles. The summed E-state index contributed by atoms with van der Waals surface area (Å²) in [6.07, 6.45) is 3.07. The van der Waals surface area contributed by atoms with Crippen LogP contribution in [0, 0.1) is 0 Å². The molecule has 1 rings (SSSR count). The second-order valence-electron chi connectivity index (χ2n) is 3.02. The summed E-state index contributed by atoms with van der Waals surface area (Å²) in [5.74, 6) is -0.586. The van der Waals surface area contributed by atoms with Crippen LogP contribution in [0.25, 0.3) is 0 Å². The molecule has 5 heteroatoms. The molecule has 0 saturated carbocycles. The normalized spacial score (nSPS) is 18.9. The van der Waals surface area contributed by atoms with Crippen molar-refractivity contribution in [2.24, 2.45) is 4.99 Å². The first-order chi connectivity index (χ1) is 6.70. The number of aliphatic imine (C=N–C) groups is 1. The lowest BCUT2D eigenvalue weighted by atomic mass is 10.2. The van der Waals surface area contributed by atoms with Gasteiger partial charge in [0.15, 0.2) is 5.70 Å². The summed E-state index contributed by atoms with van der Waals surface area (Å²) in [6.45, 7) is 0.865. The number of ether oxygens (including phenoxy) is 1. The van der Waals surface area contributed by atoms with Crippen molar-refractivity contribution in [1.82, 2.24) is 4.90 Å². The van der Waals surface area contributed by atoms with Crippen LogP contribution in [-0.4, -0.2) is 37.7 Å². The van der Waals surface area contributed by atoms with Crippen LogP contribution >= 0.6 is 0 Å². The Hall–Kier alpha value is -1.61. The van der Waals surface area contributed by atoms with Crippen LogP contribution in [0.4, 0.5) is 0 Å². The Balaban J connectivity index is 3.06. The van der Waals surface area contributed by atoms with E-state index in [1.165, 1.54) is 13.2 Å². The fourth-order valence-electron chi connectivity index (χ4n) is 1.48. The third-order valence-corrected chi connectivity index (χ3v) is 2.18. The number of carbonyl (C=O) groups is 1. The molecule has 0 atom stereocenters. The van der Waals surface area contributed by atoms with Gasteiger partial charge in [0, 0.05) is 19.3 Å². The molecule has 1 aliphatic heterocycles. The molecular formula is C9H12N2O3. The average molecular weight is 196 g/mol. The van der Waals surface area contributed by atoms with Gasteiger partial charge >= 0.3 is 5.97 Å². The summed E-state index contributed by atoms with van der Waals surface area (Å²) < 4.78 is 4.53. The highest BCUT2D eigenvalue weighted by Crippen LogP contribution is 2.23. The molecule has 76 valence electrons. The van der Waals surface area contributed by atoms with Crippen LogP contribution in [0.3, 0.4) is 0 Å². The van der Waals surface area contributed by atoms with Crippen molar-refractivity contribution in [3.05, 3.63) is 11.4 Å². The average Bonchev–Trinajstić information content (AvgIpc) is 2.60. The number of hydrogen-bond donors (Lipinski definition) is 0. The van der Waals surface area contributed by atoms with Crippen LogP contribution in [0.15, 0.2) is 16.4 Å². The van der Waals surface area contributed by atoms with Crippen molar-refractivity contribution in [2.75, 3.05) is 20.7 Å². The number of carbonyl (C=O) groups excluding carboxylic acids is 2. The Bertz CT molecular complexity index is 316. The lowest BCUT2D eigenvalue weighted by molar-refractivity contribution is -0.136. The molecule has 0 radical (unpaired) electrons. The summed E-state index contributed by atoms with van der Waals surface area (Å²) >= 11 is 0. The first-order valence-electron chi connectivity index (χ1n) is 4.31. The summed E-state index contributed by atoms with van der Waals surface area (Å²) in [5, 5.41) is 0. The molecule has 5 nitrogen and oxygen atoms in total. The van der Waals surface area contributed by atoms with E-state index in [4.69, 9.17) is 0 Å². The topological polar surface area (TPSA) is 59.0 Å². The number of hydrogen-bond acceptors (Lipinski definition) is 5. The van der Waals surface area contributed by atoms with Crippen molar-refractivity contribution < 1.29 is 14.3 Å². The molecule has 0 aromatic heterocycles. The van der Waals surface area contributed by atoms with E-state index in [-0.39, 0.29) is 5.70 Å². The molecule has 0 N–H and O–H groups in total. The SMILES string of the molecule is COC(=O)C(N=C=O)=C1CCCN1C. The lowest BCUT2D eigenvalue weighted by Crippen LogP contribution is -2.16. The first kappa shape index (κ1) is 10.5. The summed E-state index contributed by atoms with van der Waals surface area (Å²) in [7, 11) is 3.11. The Morgan fingerprint density at radius 1 is 1.64 bits per heavy atom. The standard InChI is InChI=1S/C9H12N2O3/c1-11-5-3-4-7(11)8(10-6-12)9(13)14-2/h3-5H2,1-2H3. The van der Waals surface area contributed by atoms with Crippen LogP contribution in [-0.2, 0) is 14.3 Å². The summed E-state index contributed by atoms with van der Waals surface area (Å²) in [5.41, 5.74) is 0.822. The molecule has 0 bridgehead atoms. The zero-order chi connectivity index (χ0) is 10.6. The quantitative estimate of drug-likeness (QED) is 0.278. The maximum Gasteiger partial charge on any atom is 0.359 e. The van der Waals surface area contributed by atoms with Gasteiger partial charge in [0.25, 0.3) is 0 Å². The van der Waals surface area contributed by atoms with E-state index >= 15 is 0 Å². The van der Waals surface area contributed by atoms with E-state index in [9.17, 15) is 9.59 Å². The number of nitrogens with zero attached hydrogens (tertiary/aromatic N) is 2. The smallest absolute Gasteiger partial charge is 0.359 e. The van der Waals surface area contributed by atoms with Crippen molar-refractivity contribution in [2.45, 2.75) is 12.8 Å². The number of allylic oxidation sites excluding steroid dienone is 1. The third-order valence-electron chi connectivity index (χ3n) is 2.18. The van der Waals surface area contributed by atoms with E-state index in [0.717, 1.165) is 25.1 Å². The third kappa shape index (κ3) is 2.00. The largest absolute Gasteiger partial charge is 0.464 e. The van der Waals surface area contributed by atoms with Gasteiger partial charge in [0.2, 0.25) is 6.08 Å². The van der Waals surface area contributed by atoms with Gasteiger partial charge in [-0.05, 0) is 12.8 Å². The summed E-state index contributed by atoms with van der Waals surface area (Å²) in [4.78, 5) is 26.7. The highest BCUT2D eigenvalue weighted by Gasteiger charge is 2.22. The Kier molecular flexibility index (Phi) is 3.42. The second kappa shape index (κ2) is 4.58. The molecule has 0 aromatic rings. The van der Waals surface area contributed by atoms with Crippen LogP contribution in [0.1, 0.15) is 12.8 Å². The van der Waals surface area contributed by atoms with Crippen molar-refractivity contribution in [3.8, 4) is 0 Å². The van der Waals surface area contributed by atoms with E-state index in [2.05, 4.69) is 9.73 Å². The molecule has 0 unspecified atom stereocenters. The van der Waals surface area contributed by atoms with Gasteiger partial charge in [-0.3, -0.25) is 0 Å². The fraction of sp³-hybridized carbons (Fsp3) is 0.556. The molecule has 0 aromatic carbocycles. The molecule has 14 heavy (non-hydrogen) atoms. The molecule has 0 spiro atoms. The van der Waals surface area contributed by atoms with Gasteiger partial charge in [-0.1, -0.05) is 0 Å². The van der Waals surface area contributed by atoms with Crippen LogP contribution in [0.5, 0.6) is 0 Å². The van der Waals surface area contributed by atoms with Gasteiger partial charge in [0.1, 0.15) is 0 Å². The number of rotatable bonds is 2. The van der Waals surface area contributed by atoms with Gasteiger partial charge < -0.3 is 9.64 Å². The van der Waals surface area contributed by atoms with Crippen molar-refractivity contribution in [1.29, 1.82) is 0 Å². The zero-order valence-electron chi connectivity index (χ0n) is 8.24. The van der Waals surface area contributed by atoms with E-state index in [1.807, 2.05) is 11.9 Å². The first-order valence-corrected chi connectivity index (χ1v) is 4.31. The molecule has 1 fully saturated rings. The van der Waals surface area contributed by atoms with E-state index < -0.39 is 5.97 Å². The van der Waals surface area contributed by atoms with Crippen LogP contribution in [0.2, 0.25) is 0 Å². The number of esters is 1. The molecule has 1 aliphatic rings. The maximum absolute atomic E-state index is 11.3. The minimum Gasteiger partial charge on any atom is -0.464 e. The maximum atomic E-state index is 11.3. The molecular weight excluding hydrogens is 184 g/mol. The predicted octanol–water partition coefficient (Wildman–Crippen LogP) is 0.432. The van der Waals surface area contributed by atoms with Crippen LogP contribution < -0.4 is 0 Å². The Morgan fingerprint density at radius 3 is 2.79 bits per heavy atom. The Labute approximate surface area is 82.1 Å². The fourth-order valence-corrected chi connectivity index (χ4v) is 1.48. The molecule has 0 aliphatic carbocycles. The highest BCUT2D eigenvalue weighted by atomic mass is 16.5. The second-order valence-corrected chi connectivity index (χ2v) is 3.02. The zero-order valence-corrected chi connectivity index (χ0v) is 8.24. The molecule has 0 amide bonds.